The van der Waals surface area contributed by atoms with Gasteiger partial charge in [0, 0.05) is 55.8 Å². The van der Waals surface area contributed by atoms with Gasteiger partial charge in [-0.2, -0.15) is 0 Å². The topological polar surface area (TPSA) is 30.5 Å². The second-order valence-corrected chi connectivity index (χ2v) is 16.8. The molecule has 1 aliphatic carbocycles. The fraction of sp³-hybridized carbons (Fsp3) is 0.0333. The molecule has 2 aliphatic rings. The van der Waals surface area contributed by atoms with Gasteiger partial charge in [-0.1, -0.05) is 127 Å². The number of hydrogen-bond acceptors (Lipinski definition) is 3. The van der Waals surface area contributed by atoms with Gasteiger partial charge >= 0.3 is 0 Å². The average Bonchev–Trinajstić information content (AvgIpc) is 4.04. The number of rotatable bonds is 7. The third-order valence-electron chi connectivity index (χ3n) is 13.2. The van der Waals surface area contributed by atoms with Gasteiger partial charge in [-0.25, -0.2) is 0 Å². The monoisotopic (exact) mass is 820 g/mol. The fourth-order valence-corrected chi connectivity index (χ4v) is 9.99. The SMILES string of the molecule is C1=CC2Oc3ccc(-c4ccc(N(c5ccc(-c6ccc7oc8ccccc8c7c6)cc5)c5ccc(-c6ccc7c(c6)c6ccccc6n7-c6ccccc6)cc5)cc4)cc3C2C=C1. The van der Waals surface area contributed by atoms with Gasteiger partial charge in [-0.3, -0.25) is 0 Å². The zero-order valence-electron chi connectivity index (χ0n) is 34.8. The van der Waals surface area contributed by atoms with Crippen LogP contribution in [0.3, 0.4) is 0 Å². The van der Waals surface area contributed by atoms with Gasteiger partial charge in [-0.05, 0) is 137 Å². The molecule has 0 N–H and O–H groups in total. The maximum absolute atomic E-state index is 6.26. The first-order valence-corrected chi connectivity index (χ1v) is 22.0. The first-order chi connectivity index (χ1) is 31.7. The Morgan fingerprint density at radius 3 is 1.64 bits per heavy atom. The molecule has 0 spiro atoms. The van der Waals surface area contributed by atoms with Crippen LogP contribution in [0.5, 0.6) is 5.75 Å². The van der Waals surface area contributed by atoms with Crippen LogP contribution in [0.2, 0.25) is 0 Å². The van der Waals surface area contributed by atoms with Gasteiger partial charge < -0.3 is 18.6 Å². The summed E-state index contributed by atoms with van der Waals surface area (Å²) in [5.41, 5.74) is 16.9. The standard InChI is InChI=1S/C60H40N2O2/c1-2-10-45(11-3-1)62-55-15-7-4-12-49(55)52-36-42(24-33-56(52)62)39-18-27-46(28-19-39)61(47-29-20-40(21-30-47)43-25-34-59-53(37-43)50-13-5-8-16-57(50)63-59)48-31-22-41(23-32-48)44-26-35-60-54(38-44)51-14-6-9-17-58(51)64-60/h1-38,50,57H. The average molecular weight is 821 g/mol. The van der Waals surface area contributed by atoms with Crippen molar-refractivity contribution < 1.29 is 9.15 Å². The lowest BCUT2D eigenvalue weighted by Crippen LogP contribution is -2.15. The Morgan fingerprint density at radius 2 is 0.922 bits per heavy atom. The molecule has 0 radical (unpaired) electrons. The van der Waals surface area contributed by atoms with E-state index in [4.69, 9.17) is 9.15 Å². The number of para-hydroxylation sites is 3. The van der Waals surface area contributed by atoms with Crippen LogP contribution in [0.1, 0.15) is 11.5 Å². The molecule has 0 amide bonds. The Hall–Kier alpha value is -8.34. The van der Waals surface area contributed by atoms with Gasteiger partial charge in [0.25, 0.3) is 0 Å². The summed E-state index contributed by atoms with van der Waals surface area (Å²) in [5.74, 6) is 1.22. The molecule has 2 aromatic heterocycles. The number of allylic oxidation sites excluding steroid dienone is 2. The predicted octanol–water partition coefficient (Wildman–Crippen LogP) is 16.1. The number of nitrogens with zero attached hydrogens (tertiary/aromatic N) is 2. The molecular formula is C60H40N2O2. The lowest BCUT2D eigenvalue weighted by molar-refractivity contribution is 0.269. The fourth-order valence-electron chi connectivity index (χ4n) is 9.99. The summed E-state index contributed by atoms with van der Waals surface area (Å²) in [6, 6.07) is 74.4. The van der Waals surface area contributed by atoms with Crippen LogP contribution in [0, 0.1) is 0 Å². The van der Waals surface area contributed by atoms with Crippen molar-refractivity contribution in [2.24, 2.45) is 0 Å². The lowest BCUT2D eigenvalue weighted by Gasteiger charge is -2.26. The molecule has 9 aromatic carbocycles. The number of aromatic nitrogens is 1. The molecule has 13 rings (SSSR count). The Balaban J connectivity index is 0.869. The number of furan rings is 1. The first-order valence-electron chi connectivity index (χ1n) is 22.0. The van der Waals surface area contributed by atoms with Crippen LogP contribution < -0.4 is 9.64 Å². The normalized spacial score (nSPS) is 15.2. The van der Waals surface area contributed by atoms with E-state index in [1.807, 2.05) is 12.1 Å². The van der Waals surface area contributed by atoms with E-state index in [1.54, 1.807) is 0 Å². The predicted molar refractivity (Wildman–Crippen MR) is 264 cm³/mol. The number of hydrogen-bond donors (Lipinski definition) is 0. The number of fused-ring (bicyclic) bond motifs is 9. The molecule has 0 bridgehead atoms. The Bertz CT molecular complexity index is 3630. The molecule has 2 atom stereocenters. The van der Waals surface area contributed by atoms with E-state index in [0.29, 0.717) is 0 Å². The van der Waals surface area contributed by atoms with Gasteiger partial charge in [0.05, 0.1) is 11.0 Å². The third kappa shape index (κ3) is 5.99. The van der Waals surface area contributed by atoms with Crippen molar-refractivity contribution >= 4 is 60.8 Å². The van der Waals surface area contributed by atoms with Crippen molar-refractivity contribution in [3.8, 4) is 44.8 Å². The molecule has 302 valence electrons. The number of benzene rings is 9. The smallest absolute Gasteiger partial charge is 0.135 e. The minimum absolute atomic E-state index is 0.0711. The molecule has 0 fully saturated rings. The van der Waals surface area contributed by atoms with Crippen LogP contribution >= 0.6 is 0 Å². The zero-order chi connectivity index (χ0) is 42.1. The van der Waals surface area contributed by atoms with E-state index in [-0.39, 0.29) is 12.0 Å². The van der Waals surface area contributed by atoms with Gasteiger partial charge in [0.2, 0.25) is 0 Å². The highest BCUT2D eigenvalue weighted by atomic mass is 16.5. The number of ether oxygens (including phenoxy) is 1. The zero-order valence-corrected chi connectivity index (χ0v) is 34.8. The van der Waals surface area contributed by atoms with Crippen molar-refractivity contribution in [3.05, 3.63) is 236 Å². The Labute approximate surface area is 370 Å². The van der Waals surface area contributed by atoms with Crippen LogP contribution in [0.15, 0.2) is 235 Å². The van der Waals surface area contributed by atoms with Gasteiger partial charge in [-0.15, -0.1) is 0 Å². The summed E-state index contributed by atoms with van der Waals surface area (Å²) >= 11 is 0. The van der Waals surface area contributed by atoms with E-state index in [0.717, 1.165) is 61.6 Å². The summed E-state index contributed by atoms with van der Waals surface area (Å²) in [4.78, 5) is 2.35. The summed E-state index contributed by atoms with van der Waals surface area (Å²) < 4.78 is 14.8. The largest absolute Gasteiger partial charge is 0.485 e. The molecule has 0 saturated carbocycles. The summed E-state index contributed by atoms with van der Waals surface area (Å²) in [5, 5.41) is 4.75. The van der Waals surface area contributed by atoms with Crippen LogP contribution in [-0.2, 0) is 0 Å². The Kier molecular flexibility index (Phi) is 8.31. The van der Waals surface area contributed by atoms with Crippen LogP contribution in [-0.4, -0.2) is 10.7 Å². The van der Waals surface area contributed by atoms with Crippen LogP contribution in [0.25, 0.3) is 82.8 Å². The highest BCUT2D eigenvalue weighted by Crippen LogP contribution is 2.44. The van der Waals surface area contributed by atoms with E-state index in [1.165, 1.54) is 49.6 Å². The molecule has 0 saturated heterocycles. The van der Waals surface area contributed by atoms with Crippen LogP contribution in [0.4, 0.5) is 17.1 Å². The molecular weight excluding hydrogens is 781 g/mol. The second-order valence-electron chi connectivity index (χ2n) is 16.8. The van der Waals surface area contributed by atoms with Crippen molar-refractivity contribution in [1.82, 2.24) is 4.57 Å². The number of anilines is 3. The molecule has 11 aromatic rings. The molecule has 4 heteroatoms. The molecule has 3 heterocycles. The lowest BCUT2D eigenvalue weighted by atomic mass is 9.90. The molecule has 64 heavy (non-hydrogen) atoms. The maximum Gasteiger partial charge on any atom is 0.135 e. The van der Waals surface area contributed by atoms with Crippen molar-refractivity contribution in [3.63, 3.8) is 0 Å². The first kappa shape index (κ1) is 36.3. The minimum Gasteiger partial charge on any atom is -0.485 e. The van der Waals surface area contributed by atoms with Gasteiger partial charge in [0.15, 0.2) is 0 Å². The Morgan fingerprint density at radius 1 is 0.391 bits per heavy atom. The highest BCUT2D eigenvalue weighted by Gasteiger charge is 2.32. The summed E-state index contributed by atoms with van der Waals surface area (Å²) in [7, 11) is 0. The summed E-state index contributed by atoms with van der Waals surface area (Å²) in [6.07, 6.45) is 8.67. The van der Waals surface area contributed by atoms with E-state index >= 15 is 0 Å². The molecule has 4 nitrogen and oxygen atoms in total. The highest BCUT2D eigenvalue weighted by molar-refractivity contribution is 6.10. The van der Waals surface area contributed by atoms with E-state index < -0.39 is 0 Å². The molecule has 1 aliphatic heterocycles. The second kappa shape index (κ2) is 14.6. The molecule has 2 unspecified atom stereocenters. The van der Waals surface area contributed by atoms with E-state index in [9.17, 15) is 0 Å². The summed E-state index contributed by atoms with van der Waals surface area (Å²) in [6.45, 7) is 0. The third-order valence-corrected chi connectivity index (χ3v) is 13.2. The van der Waals surface area contributed by atoms with Crippen molar-refractivity contribution in [1.29, 1.82) is 0 Å². The van der Waals surface area contributed by atoms with Gasteiger partial charge in [0.1, 0.15) is 23.0 Å². The van der Waals surface area contributed by atoms with Crippen molar-refractivity contribution in [2.75, 3.05) is 4.90 Å². The van der Waals surface area contributed by atoms with Crippen molar-refractivity contribution in [2.45, 2.75) is 12.0 Å². The maximum atomic E-state index is 6.26. The minimum atomic E-state index is 0.0711. The quantitative estimate of drug-likeness (QED) is 0.160. The van der Waals surface area contributed by atoms with E-state index in [2.05, 4.69) is 228 Å².